The van der Waals surface area contributed by atoms with Crippen molar-refractivity contribution in [2.24, 2.45) is 0 Å². The molecule has 1 aliphatic rings. The second kappa shape index (κ2) is 6.28. The average Bonchev–Trinajstić information content (AvgIpc) is 3.33. The van der Waals surface area contributed by atoms with E-state index in [0.717, 1.165) is 29.5 Å². The fraction of sp³-hybridized carbons (Fsp3) is 0.211. The van der Waals surface area contributed by atoms with Crippen molar-refractivity contribution in [2.75, 3.05) is 0 Å². The van der Waals surface area contributed by atoms with E-state index in [4.69, 9.17) is 0 Å². The zero-order chi connectivity index (χ0) is 16.4. The van der Waals surface area contributed by atoms with Crippen LogP contribution in [0.1, 0.15) is 28.9 Å². The summed E-state index contributed by atoms with van der Waals surface area (Å²) in [6.45, 7) is 0.608. The summed E-state index contributed by atoms with van der Waals surface area (Å²) in [6.07, 6.45) is 7.38. The van der Waals surface area contributed by atoms with Gasteiger partial charge in [0.15, 0.2) is 0 Å². The highest BCUT2D eigenvalue weighted by Crippen LogP contribution is 2.30. The Morgan fingerprint density at radius 1 is 1.12 bits per heavy atom. The summed E-state index contributed by atoms with van der Waals surface area (Å²) in [5, 5.41) is 6.66. The van der Waals surface area contributed by atoms with Gasteiger partial charge in [0.25, 0.3) is 5.91 Å². The minimum Gasteiger partial charge on any atom is -0.330 e. The van der Waals surface area contributed by atoms with Gasteiger partial charge in [-0.25, -0.2) is 0 Å². The van der Waals surface area contributed by atoms with Gasteiger partial charge in [-0.1, -0.05) is 24.3 Å². The van der Waals surface area contributed by atoms with Gasteiger partial charge in [0.05, 0.1) is 0 Å². The lowest BCUT2D eigenvalue weighted by Crippen LogP contribution is -2.32. The highest BCUT2D eigenvalue weighted by molar-refractivity contribution is 5.92. The molecule has 120 valence electrons. The number of carbonyl (C=O) groups excluding carboxylic acids is 1. The first-order chi connectivity index (χ1) is 11.8. The van der Waals surface area contributed by atoms with Crippen LogP contribution in [-0.4, -0.2) is 32.0 Å². The summed E-state index contributed by atoms with van der Waals surface area (Å²) < 4.78 is 0. The molecule has 0 atom stereocenters. The fourth-order valence-corrected chi connectivity index (χ4v) is 2.86. The molecule has 0 aliphatic heterocycles. The van der Waals surface area contributed by atoms with Crippen LogP contribution < -0.4 is 0 Å². The SMILES string of the molecule is O=C(c1ccn[nH]1)N(Cc1cccc(-c2cccnc2)c1)C1CC1. The molecule has 5 heteroatoms. The summed E-state index contributed by atoms with van der Waals surface area (Å²) in [5.74, 6) is 0.0155. The minimum absolute atomic E-state index is 0.0155. The maximum Gasteiger partial charge on any atom is 0.272 e. The predicted molar refractivity (Wildman–Crippen MR) is 91.2 cm³/mol. The number of hydrogen-bond donors (Lipinski definition) is 1. The van der Waals surface area contributed by atoms with Crippen molar-refractivity contribution in [3.63, 3.8) is 0 Å². The standard InChI is InChI=1S/C19H18N4O/c24-19(18-8-10-21-22-18)23(17-6-7-17)13-14-3-1-4-15(11-14)16-5-2-9-20-12-16/h1-5,8-12,17H,6-7,13H2,(H,21,22). The first-order valence-electron chi connectivity index (χ1n) is 8.11. The Balaban J connectivity index is 1.58. The van der Waals surface area contributed by atoms with Gasteiger partial charge in [0, 0.05) is 31.2 Å². The third-order valence-electron chi connectivity index (χ3n) is 4.25. The minimum atomic E-state index is 0.0155. The summed E-state index contributed by atoms with van der Waals surface area (Å²) in [4.78, 5) is 18.8. The third kappa shape index (κ3) is 3.06. The van der Waals surface area contributed by atoms with Crippen LogP contribution in [0.2, 0.25) is 0 Å². The van der Waals surface area contributed by atoms with Crippen molar-refractivity contribution < 1.29 is 4.79 Å². The van der Waals surface area contributed by atoms with E-state index in [1.165, 1.54) is 0 Å². The van der Waals surface area contributed by atoms with E-state index >= 15 is 0 Å². The van der Waals surface area contributed by atoms with E-state index in [0.29, 0.717) is 18.3 Å². The molecule has 3 aromatic rings. The zero-order valence-electron chi connectivity index (χ0n) is 13.2. The molecular weight excluding hydrogens is 300 g/mol. The van der Waals surface area contributed by atoms with Crippen molar-refractivity contribution in [1.29, 1.82) is 0 Å². The van der Waals surface area contributed by atoms with Crippen LogP contribution >= 0.6 is 0 Å². The summed E-state index contributed by atoms with van der Waals surface area (Å²) >= 11 is 0. The molecule has 5 nitrogen and oxygen atoms in total. The van der Waals surface area contributed by atoms with Gasteiger partial charge in [-0.3, -0.25) is 14.9 Å². The van der Waals surface area contributed by atoms with Crippen LogP contribution in [0.5, 0.6) is 0 Å². The molecule has 1 fully saturated rings. The normalized spacial score (nSPS) is 13.7. The summed E-state index contributed by atoms with van der Waals surface area (Å²) in [5.41, 5.74) is 3.86. The Hall–Kier alpha value is -2.95. The summed E-state index contributed by atoms with van der Waals surface area (Å²) in [7, 11) is 0. The molecule has 0 unspecified atom stereocenters. The first kappa shape index (κ1) is 14.6. The van der Waals surface area contributed by atoms with Gasteiger partial charge >= 0.3 is 0 Å². The van der Waals surface area contributed by atoms with Gasteiger partial charge in [-0.15, -0.1) is 0 Å². The van der Waals surface area contributed by atoms with E-state index in [9.17, 15) is 4.79 Å². The molecule has 0 bridgehead atoms. The Labute approximate surface area is 140 Å². The molecule has 1 N–H and O–H groups in total. The quantitative estimate of drug-likeness (QED) is 0.785. The lowest BCUT2D eigenvalue weighted by atomic mass is 10.0. The molecule has 4 rings (SSSR count). The second-order valence-corrected chi connectivity index (χ2v) is 6.08. The number of hydrogen-bond acceptors (Lipinski definition) is 3. The molecular formula is C19H18N4O. The number of nitrogens with one attached hydrogen (secondary N) is 1. The van der Waals surface area contributed by atoms with Crippen molar-refractivity contribution >= 4 is 5.91 Å². The molecule has 24 heavy (non-hydrogen) atoms. The molecule has 2 aromatic heterocycles. The largest absolute Gasteiger partial charge is 0.330 e. The topological polar surface area (TPSA) is 61.9 Å². The maximum absolute atomic E-state index is 12.7. The van der Waals surface area contributed by atoms with Gasteiger partial charge in [0.2, 0.25) is 0 Å². The van der Waals surface area contributed by atoms with Gasteiger partial charge < -0.3 is 4.90 Å². The highest BCUT2D eigenvalue weighted by Gasteiger charge is 2.33. The van der Waals surface area contributed by atoms with E-state index in [-0.39, 0.29) is 5.91 Å². The molecule has 0 spiro atoms. The fourth-order valence-electron chi connectivity index (χ4n) is 2.86. The number of benzene rings is 1. The number of rotatable bonds is 5. The average molecular weight is 318 g/mol. The monoisotopic (exact) mass is 318 g/mol. The van der Waals surface area contributed by atoms with Crippen molar-refractivity contribution in [2.45, 2.75) is 25.4 Å². The molecule has 0 saturated heterocycles. The summed E-state index contributed by atoms with van der Waals surface area (Å²) in [6, 6.07) is 14.3. The highest BCUT2D eigenvalue weighted by atomic mass is 16.2. The molecule has 2 heterocycles. The number of aromatic amines is 1. The Kier molecular flexibility index (Phi) is 3.83. The maximum atomic E-state index is 12.7. The smallest absolute Gasteiger partial charge is 0.272 e. The number of carbonyl (C=O) groups is 1. The van der Waals surface area contributed by atoms with Gasteiger partial charge in [-0.05, 0) is 47.7 Å². The van der Waals surface area contributed by atoms with Gasteiger partial charge in [0.1, 0.15) is 5.69 Å². The van der Waals surface area contributed by atoms with Crippen molar-refractivity contribution in [3.8, 4) is 11.1 Å². The van der Waals surface area contributed by atoms with Crippen LogP contribution in [0.15, 0.2) is 61.1 Å². The van der Waals surface area contributed by atoms with Crippen LogP contribution in [0.25, 0.3) is 11.1 Å². The van der Waals surface area contributed by atoms with E-state index < -0.39 is 0 Å². The zero-order valence-corrected chi connectivity index (χ0v) is 13.2. The number of aromatic nitrogens is 3. The lowest BCUT2D eigenvalue weighted by Gasteiger charge is -2.22. The van der Waals surface area contributed by atoms with Crippen LogP contribution in [0.3, 0.4) is 0 Å². The Morgan fingerprint density at radius 2 is 2.00 bits per heavy atom. The number of pyridine rings is 1. The van der Waals surface area contributed by atoms with Gasteiger partial charge in [-0.2, -0.15) is 5.10 Å². The predicted octanol–water partition coefficient (Wildman–Crippen LogP) is 3.28. The van der Waals surface area contributed by atoms with Crippen LogP contribution in [0, 0.1) is 0 Å². The molecule has 1 aliphatic carbocycles. The third-order valence-corrected chi connectivity index (χ3v) is 4.25. The van der Waals surface area contributed by atoms with Crippen LogP contribution in [-0.2, 0) is 6.54 Å². The second-order valence-electron chi connectivity index (χ2n) is 6.08. The van der Waals surface area contributed by atoms with E-state index in [1.54, 1.807) is 18.5 Å². The lowest BCUT2D eigenvalue weighted by molar-refractivity contribution is 0.0724. The molecule has 0 radical (unpaired) electrons. The number of H-pyrrole nitrogens is 1. The number of amides is 1. The molecule has 1 amide bonds. The van der Waals surface area contributed by atoms with Crippen molar-refractivity contribution in [1.82, 2.24) is 20.1 Å². The first-order valence-corrected chi connectivity index (χ1v) is 8.11. The molecule has 1 saturated carbocycles. The Morgan fingerprint density at radius 3 is 2.71 bits per heavy atom. The van der Waals surface area contributed by atoms with Crippen LogP contribution in [0.4, 0.5) is 0 Å². The van der Waals surface area contributed by atoms with E-state index in [1.807, 2.05) is 29.3 Å². The number of nitrogens with zero attached hydrogens (tertiary/aromatic N) is 3. The molecule has 1 aromatic carbocycles. The Bertz CT molecular complexity index is 826. The van der Waals surface area contributed by atoms with Crippen molar-refractivity contribution in [3.05, 3.63) is 72.3 Å². The van der Waals surface area contributed by atoms with E-state index in [2.05, 4.69) is 33.4 Å².